The molecule has 0 aliphatic heterocycles. The van der Waals surface area contributed by atoms with Gasteiger partial charge in [0.05, 0.1) is 5.38 Å². The van der Waals surface area contributed by atoms with E-state index in [0.29, 0.717) is 11.8 Å². The van der Waals surface area contributed by atoms with Crippen molar-refractivity contribution in [1.29, 1.82) is 0 Å². The molecule has 0 spiro atoms. The Hall–Kier alpha value is -1.27. The summed E-state index contributed by atoms with van der Waals surface area (Å²) in [4.78, 5) is 0. The molecule has 3 unspecified atom stereocenters. The van der Waals surface area contributed by atoms with Crippen molar-refractivity contribution >= 4 is 11.6 Å². The number of alkyl halides is 1. The third-order valence-electron chi connectivity index (χ3n) is 4.49. The average molecular weight is 301 g/mol. The van der Waals surface area contributed by atoms with E-state index >= 15 is 0 Å². The fourth-order valence-corrected chi connectivity index (χ4v) is 3.59. The van der Waals surface area contributed by atoms with Crippen molar-refractivity contribution in [3.63, 3.8) is 0 Å². The molecule has 0 bridgehead atoms. The van der Waals surface area contributed by atoms with E-state index in [4.69, 9.17) is 11.6 Å². The first-order chi connectivity index (χ1) is 10.0. The summed E-state index contributed by atoms with van der Waals surface area (Å²) in [6.07, 6.45) is 1.13. The Balaban J connectivity index is 2.43. The lowest BCUT2D eigenvalue weighted by molar-refractivity contribution is 0.433. The summed E-state index contributed by atoms with van der Waals surface area (Å²) < 4.78 is 0. The van der Waals surface area contributed by atoms with Crippen LogP contribution in [0.3, 0.4) is 0 Å². The lowest BCUT2D eigenvalue weighted by Crippen LogP contribution is -2.15. The quantitative estimate of drug-likeness (QED) is 0.559. The molecule has 2 rings (SSSR count). The largest absolute Gasteiger partial charge is 0.117 e. The summed E-state index contributed by atoms with van der Waals surface area (Å²) in [5, 5.41) is 0.0160. The molecular weight excluding hydrogens is 276 g/mol. The SMILES string of the molecule is CCC(C)C(c1ccccc1)C(Cl)c1cc(C)ccc1C. The number of hydrogen-bond acceptors (Lipinski definition) is 0. The van der Waals surface area contributed by atoms with Gasteiger partial charge in [-0.3, -0.25) is 0 Å². The Morgan fingerprint density at radius 2 is 1.67 bits per heavy atom. The summed E-state index contributed by atoms with van der Waals surface area (Å²) in [5.41, 5.74) is 5.17. The summed E-state index contributed by atoms with van der Waals surface area (Å²) in [7, 11) is 0. The van der Waals surface area contributed by atoms with Crippen LogP contribution in [0.1, 0.15) is 53.8 Å². The van der Waals surface area contributed by atoms with Gasteiger partial charge in [0.1, 0.15) is 0 Å². The van der Waals surface area contributed by atoms with Crippen LogP contribution in [0, 0.1) is 19.8 Å². The fraction of sp³-hybridized carbons (Fsp3) is 0.400. The zero-order valence-electron chi connectivity index (χ0n) is 13.4. The molecule has 0 aromatic heterocycles. The van der Waals surface area contributed by atoms with Gasteiger partial charge >= 0.3 is 0 Å². The second-order valence-electron chi connectivity index (χ2n) is 6.08. The van der Waals surface area contributed by atoms with Gasteiger partial charge in [-0.15, -0.1) is 11.6 Å². The molecule has 0 saturated carbocycles. The van der Waals surface area contributed by atoms with E-state index in [0.717, 1.165) is 6.42 Å². The van der Waals surface area contributed by atoms with Gasteiger partial charge in [0.15, 0.2) is 0 Å². The van der Waals surface area contributed by atoms with Crippen LogP contribution >= 0.6 is 11.6 Å². The van der Waals surface area contributed by atoms with Gasteiger partial charge in [-0.1, -0.05) is 74.4 Å². The molecule has 2 aromatic rings. The first-order valence-corrected chi connectivity index (χ1v) is 8.24. The number of hydrogen-bond donors (Lipinski definition) is 0. The molecule has 0 N–H and O–H groups in total. The molecule has 112 valence electrons. The lowest BCUT2D eigenvalue weighted by Gasteiger charge is -2.29. The predicted molar refractivity (Wildman–Crippen MR) is 93.1 cm³/mol. The third kappa shape index (κ3) is 3.68. The highest BCUT2D eigenvalue weighted by molar-refractivity contribution is 6.21. The molecule has 1 heteroatoms. The molecule has 0 radical (unpaired) electrons. The van der Waals surface area contributed by atoms with E-state index in [2.05, 4.69) is 76.2 Å². The van der Waals surface area contributed by atoms with E-state index in [9.17, 15) is 0 Å². The molecule has 0 saturated heterocycles. The molecular formula is C20H25Cl. The third-order valence-corrected chi connectivity index (χ3v) is 5.00. The summed E-state index contributed by atoms with van der Waals surface area (Å²) in [6, 6.07) is 17.3. The van der Waals surface area contributed by atoms with E-state index in [1.165, 1.54) is 22.3 Å². The molecule has 0 amide bonds. The maximum absolute atomic E-state index is 6.96. The van der Waals surface area contributed by atoms with Crippen LogP contribution in [0.4, 0.5) is 0 Å². The monoisotopic (exact) mass is 300 g/mol. The Bertz CT molecular complexity index is 574. The maximum atomic E-state index is 6.96. The van der Waals surface area contributed by atoms with Gasteiger partial charge in [0.25, 0.3) is 0 Å². The van der Waals surface area contributed by atoms with Crippen LogP contribution in [-0.4, -0.2) is 0 Å². The molecule has 2 aromatic carbocycles. The van der Waals surface area contributed by atoms with Crippen LogP contribution < -0.4 is 0 Å². The minimum absolute atomic E-state index is 0.0160. The first kappa shape index (κ1) is 16.1. The van der Waals surface area contributed by atoms with Crippen LogP contribution in [0.15, 0.2) is 48.5 Å². The number of benzene rings is 2. The average Bonchev–Trinajstić information content (AvgIpc) is 2.50. The molecule has 0 aliphatic carbocycles. The van der Waals surface area contributed by atoms with E-state index in [1.54, 1.807) is 0 Å². The topological polar surface area (TPSA) is 0 Å². The highest BCUT2D eigenvalue weighted by Gasteiger charge is 2.28. The van der Waals surface area contributed by atoms with E-state index < -0.39 is 0 Å². The van der Waals surface area contributed by atoms with Crippen molar-refractivity contribution in [2.45, 2.75) is 45.4 Å². The smallest absolute Gasteiger partial charge is 0.0658 e. The first-order valence-electron chi connectivity index (χ1n) is 7.80. The van der Waals surface area contributed by atoms with Gasteiger partial charge in [0.2, 0.25) is 0 Å². The molecule has 0 aliphatic rings. The number of aryl methyl sites for hydroxylation is 2. The molecule has 3 atom stereocenters. The van der Waals surface area contributed by atoms with E-state index in [1.807, 2.05) is 0 Å². The van der Waals surface area contributed by atoms with Gasteiger partial charge in [-0.2, -0.15) is 0 Å². The lowest BCUT2D eigenvalue weighted by atomic mass is 9.80. The van der Waals surface area contributed by atoms with Crippen molar-refractivity contribution in [2.24, 2.45) is 5.92 Å². The maximum Gasteiger partial charge on any atom is 0.0658 e. The fourth-order valence-electron chi connectivity index (χ4n) is 2.97. The second kappa shape index (κ2) is 7.13. The highest BCUT2D eigenvalue weighted by Crippen LogP contribution is 2.43. The standard InChI is InChI=1S/C20H25Cl/c1-5-15(3)19(17-9-7-6-8-10-17)20(21)18-13-14(2)11-12-16(18)4/h6-13,15,19-20H,5H2,1-4H3. The highest BCUT2D eigenvalue weighted by atomic mass is 35.5. The zero-order valence-corrected chi connectivity index (χ0v) is 14.2. The zero-order chi connectivity index (χ0) is 15.4. The Labute approximate surface area is 134 Å². The Morgan fingerprint density at radius 3 is 2.29 bits per heavy atom. The minimum atomic E-state index is 0.0160. The summed E-state index contributed by atoms with van der Waals surface area (Å²) >= 11 is 6.96. The minimum Gasteiger partial charge on any atom is -0.117 e. The van der Waals surface area contributed by atoms with Crippen LogP contribution in [0.25, 0.3) is 0 Å². The summed E-state index contributed by atoms with van der Waals surface area (Å²) in [6.45, 7) is 8.83. The summed E-state index contributed by atoms with van der Waals surface area (Å²) in [5.74, 6) is 0.896. The van der Waals surface area contributed by atoms with E-state index in [-0.39, 0.29) is 5.38 Å². The predicted octanol–water partition coefficient (Wildman–Crippen LogP) is 6.41. The van der Waals surface area contributed by atoms with Crippen molar-refractivity contribution in [3.05, 3.63) is 70.8 Å². The van der Waals surface area contributed by atoms with Gasteiger partial charge < -0.3 is 0 Å². The van der Waals surface area contributed by atoms with Crippen LogP contribution in [0.2, 0.25) is 0 Å². The number of halogens is 1. The van der Waals surface area contributed by atoms with Crippen molar-refractivity contribution in [1.82, 2.24) is 0 Å². The Kier molecular flexibility index (Phi) is 5.47. The molecule has 0 fully saturated rings. The molecule has 21 heavy (non-hydrogen) atoms. The molecule has 0 heterocycles. The van der Waals surface area contributed by atoms with Gasteiger partial charge in [-0.05, 0) is 36.5 Å². The van der Waals surface area contributed by atoms with Crippen LogP contribution in [0.5, 0.6) is 0 Å². The van der Waals surface area contributed by atoms with Crippen molar-refractivity contribution < 1.29 is 0 Å². The number of rotatable bonds is 5. The van der Waals surface area contributed by atoms with Crippen LogP contribution in [-0.2, 0) is 0 Å². The van der Waals surface area contributed by atoms with Gasteiger partial charge in [0, 0.05) is 5.92 Å². The Morgan fingerprint density at radius 1 is 1.00 bits per heavy atom. The normalized spacial score (nSPS) is 15.5. The second-order valence-corrected chi connectivity index (χ2v) is 6.55. The van der Waals surface area contributed by atoms with Crippen molar-refractivity contribution in [3.8, 4) is 0 Å². The van der Waals surface area contributed by atoms with Crippen molar-refractivity contribution in [2.75, 3.05) is 0 Å². The molecule has 0 nitrogen and oxygen atoms in total. The van der Waals surface area contributed by atoms with Gasteiger partial charge in [-0.25, -0.2) is 0 Å².